The molecule has 0 unspecified atom stereocenters. The number of ether oxygens (including phenoxy) is 1. The summed E-state index contributed by atoms with van der Waals surface area (Å²) in [7, 11) is 0. The van der Waals surface area contributed by atoms with E-state index >= 15 is 0 Å². The molecular formula is C15H17NO2. The zero-order valence-electron chi connectivity index (χ0n) is 10.3. The monoisotopic (exact) mass is 243 g/mol. The van der Waals surface area contributed by atoms with Gasteiger partial charge in [0.05, 0.1) is 12.1 Å². The Bertz CT molecular complexity index is 497. The van der Waals surface area contributed by atoms with Gasteiger partial charge >= 0.3 is 0 Å². The van der Waals surface area contributed by atoms with E-state index < -0.39 is 12.1 Å². The number of nitrogens with two attached hydrogens (primary N) is 1. The molecule has 0 saturated heterocycles. The van der Waals surface area contributed by atoms with E-state index in [9.17, 15) is 5.11 Å². The Morgan fingerprint density at radius 3 is 2.33 bits per heavy atom. The topological polar surface area (TPSA) is 55.5 Å². The van der Waals surface area contributed by atoms with Crippen LogP contribution in [0.1, 0.15) is 18.5 Å². The zero-order chi connectivity index (χ0) is 13.0. The van der Waals surface area contributed by atoms with Gasteiger partial charge in [-0.25, -0.2) is 0 Å². The molecular weight excluding hydrogens is 226 g/mol. The fraction of sp³-hybridized carbons (Fsp3) is 0.200. The van der Waals surface area contributed by atoms with Crippen LogP contribution >= 0.6 is 0 Å². The normalized spacial score (nSPS) is 13.9. The predicted octanol–water partition coefficient (Wildman–Crippen LogP) is 2.86. The van der Waals surface area contributed by atoms with Gasteiger partial charge in [-0.15, -0.1) is 0 Å². The first-order chi connectivity index (χ1) is 8.66. The van der Waals surface area contributed by atoms with Crippen molar-refractivity contribution in [2.24, 2.45) is 5.73 Å². The van der Waals surface area contributed by atoms with Crippen LogP contribution in [-0.2, 0) is 0 Å². The lowest BCUT2D eigenvalue weighted by molar-refractivity contribution is 0.164. The van der Waals surface area contributed by atoms with Crippen molar-refractivity contribution in [2.45, 2.75) is 19.1 Å². The lowest BCUT2D eigenvalue weighted by Gasteiger charge is -2.16. The van der Waals surface area contributed by atoms with Gasteiger partial charge in [-0.3, -0.25) is 0 Å². The Hall–Kier alpha value is -1.84. The zero-order valence-corrected chi connectivity index (χ0v) is 10.3. The molecule has 18 heavy (non-hydrogen) atoms. The number of hydrogen-bond acceptors (Lipinski definition) is 3. The van der Waals surface area contributed by atoms with E-state index in [2.05, 4.69) is 0 Å². The van der Waals surface area contributed by atoms with Crippen molar-refractivity contribution in [3.8, 4) is 11.5 Å². The summed E-state index contributed by atoms with van der Waals surface area (Å²) >= 11 is 0. The second kappa shape index (κ2) is 5.67. The summed E-state index contributed by atoms with van der Waals surface area (Å²) in [6.07, 6.45) is -0.586. The summed E-state index contributed by atoms with van der Waals surface area (Å²) in [5, 5.41) is 9.49. The molecule has 0 aromatic heterocycles. The summed E-state index contributed by atoms with van der Waals surface area (Å²) in [6, 6.07) is 16.6. The Morgan fingerprint density at radius 1 is 1.00 bits per heavy atom. The van der Waals surface area contributed by atoms with Gasteiger partial charge in [0.2, 0.25) is 0 Å². The van der Waals surface area contributed by atoms with Gasteiger partial charge < -0.3 is 15.6 Å². The minimum Gasteiger partial charge on any atom is -0.457 e. The highest BCUT2D eigenvalue weighted by molar-refractivity contribution is 5.35. The van der Waals surface area contributed by atoms with Crippen molar-refractivity contribution in [2.75, 3.05) is 0 Å². The first kappa shape index (κ1) is 12.6. The molecule has 2 aromatic rings. The van der Waals surface area contributed by atoms with Crippen molar-refractivity contribution in [1.82, 2.24) is 0 Å². The maximum atomic E-state index is 9.49. The summed E-state index contributed by atoms with van der Waals surface area (Å²) in [5.41, 5.74) is 6.75. The molecule has 0 aliphatic rings. The number of aliphatic hydroxyl groups excluding tert-OH is 1. The maximum absolute atomic E-state index is 9.49. The van der Waals surface area contributed by atoms with Crippen LogP contribution in [-0.4, -0.2) is 11.2 Å². The highest BCUT2D eigenvalue weighted by atomic mass is 16.5. The highest BCUT2D eigenvalue weighted by Crippen LogP contribution is 2.24. The quantitative estimate of drug-likeness (QED) is 0.868. The minimum absolute atomic E-state index is 0.399. The molecule has 0 spiro atoms. The van der Waals surface area contributed by atoms with Crippen molar-refractivity contribution < 1.29 is 9.84 Å². The average molecular weight is 243 g/mol. The van der Waals surface area contributed by atoms with Gasteiger partial charge in [-0.05, 0) is 36.8 Å². The molecule has 0 saturated carbocycles. The summed E-state index contributed by atoms with van der Waals surface area (Å²) in [6.45, 7) is 1.68. The van der Waals surface area contributed by atoms with Crippen LogP contribution in [0.2, 0.25) is 0 Å². The van der Waals surface area contributed by atoms with E-state index in [1.165, 1.54) is 0 Å². The van der Waals surface area contributed by atoms with Crippen molar-refractivity contribution in [3.63, 3.8) is 0 Å². The van der Waals surface area contributed by atoms with E-state index in [4.69, 9.17) is 10.5 Å². The van der Waals surface area contributed by atoms with Crippen LogP contribution in [0.4, 0.5) is 0 Å². The molecule has 0 amide bonds. The Kier molecular flexibility index (Phi) is 3.97. The average Bonchev–Trinajstić information content (AvgIpc) is 2.39. The van der Waals surface area contributed by atoms with E-state index in [0.717, 1.165) is 17.1 Å². The van der Waals surface area contributed by atoms with Crippen LogP contribution in [0.15, 0.2) is 54.6 Å². The molecule has 0 aliphatic heterocycles. The van der Waals surface area contributed by atoms with E-state index in [1.54, 1.807) is 6.92 Å². The Morgan fingerprint density at radius 2 is 1.67 bits per heavy atom. The molecule has 2 atom stereocenters. The van der Waals surface area contributed by atoms with Crippen molar-refractivity contribution >= 4 is 0 Å². The highest BCUT2D eigenvalue weighted by Gasteiger charge is 2.12. The number of para-hydroxylation sites is 1. The molecule has 3 N–H and O–H groups in total. The van der Waals surface area contributed by atoms with Gasteiger partial charge in [0.15, 0.2) is 0 Å². The van der Waals surface area contributed by atoms with Gasteiger partial charge in [0.1, 0.15) is 11.5 Å². The van der Waals surface area contributed by atoms with Gasteiger partial charge in [-0.2, -0.15) is 0 Å². The third-order valence-electron chi connectivity index (χ3n) is 2.74. The Balaban J connectivity index is 2.18. The third kappa shape index (κ3) is 3.09. The number of benzene rings is 2. The van der Waals surface area contributed by atoms with Gasteiger partial charge in [0, 0.05) is 0 Å². The molecule has 0 radical (unpaired) electrons. The van der Waals surface area contributed by atoms with Crippen LogP contribution in [0.5, 0.6) is 11.5 Å². The summed E-state index contributed by atoms with van der Waals surface area (Å²) < 4.78 is 5.71. The van der Waals surface area contributed by atoms with E-state index in [1.807, 2.05) is 54.6 Å². The van der Waals surface area contributed by atoms with Crippen molar-refractivity contribution in [3.05, 3.63) is 60.2 Å². The first-order valence-electron chi connectivity index (χ1n) is 5.93. The first-order valence-corrected chi connectivity index (χ1v) is 5.93. The molecule has 2 aromatic carbocycles. The Labute approximate surface area is 107 Å². The molecule has 0 fully saturated rings. The SMILES string of the molecule is C[C@H](O)[C@H](N)c1cccc(Oc2ccccc2)c1. The lowest BCUT2D eigenvalue weighted by atomic mass is 10.0. The van der Waals surface area contributed by atoms with Crippen LogP contribution in [0, 0.1) is 0 Å². The fourth-order valence-corrected chi connectivity index (χ4v) is 1.69. The summed E-state index contributed by atoms with van der Waals surface area (Å²) in [4.78, 5) is 0. The second-order valence-electron chi connectivity index (χ2n) is 4.25. The van der Waals surface area contributed by atoms with Gasteiger partial charge in [-0.1, -0.05) is 30.3 Å². The van der Waals surface area contributed by atoms with Crippen LogP contribution in [0.25, 0.3) is 0 Å². The fourth-order valence-electron chi connectivity index (χ4n) is 1.69. The smallest absolute Gasteiger partial charge is 0.127 e. The van der Waals surface area contributed by atoms with Crippen LogP contribution < -0.4 is 10.5 Å². The molecule has 3 heteroatoms. The molecule has 0 bridgehead atoms. The molecule has 3 nitrogen and oxygen atoms in total. The van der Waals surface area contributed by atoms with Crippen LogP contribution in [0.3, 0.4) is 0 Å². The third-order valence-corrected chi connectivity index (χ3v) is 2.74. The minimum atomic E-state index is -0.586. The van der Waals surface area contributed by atoms with Crippen molar-refractivity contribution in [1.29, 1.82) is 0 Å². The molecule has 0 heterocycles. The number of hydrogen-bond donors (Lipinski definition) is 2. The second-order valence-corrected chi connectivity index (χ2v) is 4.25. The number of aliphatic hydroxyl groups is 1. The standard InChI is InChI=1S/C15H17NO2/c1-11(17)15(16)12-6-5-9-14(10-12)18-13-7-3-2-4-8-13/h2-11,15,17H,16H2,1H3/t11-,15-/m0/s1. The molecule has 94 valence electrons. The largest absolute Gasteiger partial charge is 0.457 e. The van der Waals surface area contributed by atoms with E-state index in [0.29, 0.717) is 0 Å². The molecule has 0 aliphatic carbocycles. The maximum Gasteiger partial charge on any atom is 0.127 e. The lowest BCUT2D eigenvalue weighted by Crippen LogP contribution is -2.22. The van der Waals surface area contributed by atoms with Gasteiger partial charge in [0.25, 0.3) is 0 Å². The molecule has 2 rings (SSSR count). The van der Waals surface area contributed by atoms with E-state index in [-0.39, 0.29) is 0 Å². The number of rotatable bonds is 4. The summed E-state index contributed by atoms with van der Waals surface area (Å²) in [5.74, 6) is 1.50. The predicted molar refractivity (Wildman–Crippen MR) is 71.6 cm³/mol.